The van der Waals surface area contributed by atoms with Crippen molar-refractivity contribution in [2.45, 2.75) is 19.0 Å². The second kappa shape index (κ2) is 6.80. The summed E-state index contributed by atoms with van der Waals surface area (Å²) in [7, 11) is 0. The molecule has 3 N–H and O–H groups in total. The number of carbonyl (C=O) groups is 1. The molecule has 124 valence electrons. The molecule has 0 fully saturated rings. The fourth-order valence-corrected chi connectivity index (χ4v) is 2.78. The molecule has 0 spiro atoms. The van der Waals surface area contributed by atoms with Gasteiger partial charge in [-0.25, -0.2) is 8.78 Å². The molecule has 3 rings (SSSR count). The van der Waals surface area contributed by atoms with Crippen LogP contribution in [0, 0.1) is 11.6 Å². The lowest BCUT2D eigenvalue weighted by Gasteiger charge is -2.18. The molecule has 0 amide bonds. The SMILES string of the molecule is O=C(O)C[C@@H](NCc1cccc2cc[nH]c12)c1ccc(F)cc1F. The molecule has 2 aromatic carbocycles. The largest absolute Gasteiger partial charge is 0.481 e. The molecule has 24 heavy (non-hydrogen) atoms. The fraction of sp³-hybridized carbons (Fsp3) is 0.167. The van der Waals surface area contributed by atoms with Gasteiger partial charge in [0, 0.05) is 35.9 Å². The van der Waals surface area contributed by atoms with Crippen LogP contribution in [0.1, 0.15) is 23.6 Å². The summed E-state index contributed by atoms with van der Waals surface area (Å²) in [4.78, 5) is 14.2. The third kappa shape index (κ3) is 3.44. The van der Waals surface area contributed by atoms with Crippen LogP contribution in [0.3, 0.4) is 0 Å². The summed E-state index contributed by atoms with van der Waals surface area (Å²) < 4.78 is 27.1. The first kappa shape index (κ1) is 16.1. The van der Waals surface area contributed by atoms with Gasteiger partial charge in [-0.3, -0.25) is 4.79 Å². The van der Waals surface area contributed by atoms with Crippen LogP contribution in [0.5, 0.6) is 0 Å². The van der Waals surface area contributed by atoms with Crippen LogP contribution in [0.25, 0.3) is 10.9 Å². The number of para-hydroxylation sites is 1. The average Bonchev–Trinajstić information content (AvgIpc) is 3.00. The summed E-state index contributed by atoms with van der Waals surface area (Å²) in [5.41, 5.74) is 2.02. The van der Waals surface area contributed by atoms with Crippen LogP contribution in [0.15, 0.2) is 48.7 Å². The lowest BCUT2D eigenvalue weighted by atomic mass is 10.0. The van der Waals surface area contributed by atoms with Gasteiger partial charge in [0.1, 0.15) is 11.6 Å². The van der Waals surface area contributed by atoms with Crippen LogP contribution in [-0.2, 0) is 11.3 Å². The molecule has 0 radical (unpaired) electrons. The number of fused-ring (bicyclic) bond motifs is 1. The molecule has 1 atom stereocenters. The van der Waals surface area contributed by atoms with Gasteiger partial charge in [0.25, 0.3) is 0 Å². The molecule has 0 aliphatic heterocycles. The van der Waals surface area contributed by atoms with E-state index in [-0.39, 0.29) is 12.0 Å². The van der Waals surface area contributed by atoms with Crippen molar-refractivity contribution in [1.29, 1.82) is 0 Å². The predicted molar refractivity (Wildman–Crippen MR) is 86.5 cm³/mol. The number of nitrogens with one attached hydrogen (secondary N) is 2. The van der Waals surface area contributed by atoms with Crippen molar-refractivity contribution < 1.29 is 18.7 Å². The Hall–Kier alpha value is -2.73. The van der Waals surface area contributed by atoms with Gasteiger partial charge in [0.2, 0.25) is 0 Å². The number of aromatic nitrogens is 1. The van der Waals surface area contributed by atoms with Crippen molar-refractivity contribution in [3.05, 3.63) is 71.4 Å². The lowest BCUT2D eigenvalue weighted by Crippen LogP contribution is -2.24. The Labute approximate surface area is 137 Å². The topological polar surface area (TPSA) is 65.1 Å². The Morgan fingerprint density at radius 2 is 2.04 bits per heavy atom. The highest BCUT2D eigenvalue weighted by Gasteiger charge is 2.19. The number of hydrogen-bond donors (Lipinski definition) is 3. The van der Waals surface area contributed by atoms with E-state index in [1.165, 1.54) is 6.07 Å². The zero-order valence-electron chi connectivity index (χ0n) is 12.7. The standard InChI is InChI=1S/C18H16F2N2O2/c19-13-4-5-14(15(20)8-13)16(9-17(23)24)22-10-12-3-1-2-11-6-7-21-18(11)12/h1-8,16,21-22H,9-10H2,(H,23,24)/t16-/m1/s1. The minimum atomic E-state index is -1.06. The minimum absolute atomic E-state index is 0.137. The van der Waals surface area contributed by atoms with E-state index >= 15 is 0 Å². The van der Waals surface area contributed by atoms with Gasteiger partial charge in [0.15, 0.2) is 0 Å². The van der Waals surface area contributed by atoms with Crippen molar-refractivity contribution in [3.8, 4) is 0 Å². The van der Waals surface area contributed by atoms with E-state index in [1.54, 1.807) is 0 Å². The summed E-state index contributed by atoms with van der Waals surface area (Å²) in [6, 6.07) is 10.1. The number of aliphatic carboxylic acids is 1. The van der Waals surface area contributed by atoms with Gasteiger partial charge in [-0.15, -0.1) is 0 Å². The van der Waals surface area contributed by atoms with E-state index in [2.05, 4.69) is 10.3 Å². The van der Waals surface area contributed by atoms with E-state index in [1.807, 2.05) is 30.5 Å². The van der Waals surface area contributed by atoms with Gasteiger partial charge < -0.3 is 15.4 Å². The van der Waals surface area contributed by atoms with Crippen LogP contribution >= 0.6 is 0 Å². The summed E-state index contributed by atoms with van der Waals surface area (Å²) in [5, 5.41) is 13.2. The third-order valence-corrected chi connectivity index (χ3v) is 3.93. The van der Waals surface area contributed by atoms with Crippen molar-refractivity contribution >= 4 is 16.9 Å². The van der Waals surface area contributed by atoms with Crippen LogP contribution in [0.4, 0.5) is 8.78 Å². The number of rotatable bonds is 6. The number of benzene rings is 2. The molecule has 0 aliphatic rings. The third-order valence-electron chi connectivity index (χ3n) is 3.93. The maximum absolute atomic E-state index is 14.0. The summed E-state index contributed by atoms with van der Waals surface area (Å²) in [6.07, 6.45) is 1.52. The summed E-state index contributed by atoms with van der Waals surface area (Å²) in [5.74, 6) is -2.51. The first-order valence-corrected chi connectivity index (χ1v) is 7.49. The second-order valence-electron chi connectivity index (χ2n) is 5.56. The van der Waals surface area contributed by atoms with Gasteiger partial charge in [-0.1, -0.05) is 24.3 Å². The number of H-pyrrole nitrogens is 1. The molecule has 0 bridgehead atoms. The van der Waals surface area contributed by atoms with E-state index in [0.29, 0.717) is 6.54 Å². The maximum Gasteiger partial charge on any atom is 0.305 e. The maximum atomic E-state index is 14.0. The van der Waals surface area contributed by atoms with E-state index in [9.17, 15) is 13.6 Å². The molecule has 0 aliphatic carbocycles. The van der Waals surface area contributed by atoms with Crippen molar-refractivity contribution in [2.24, 2.45) is 0 Å². The summed E-state index contributed by atoms with van der Waals surface area (Å²) in [6.45, 7) is 0.354. The Balaban J connectivity index is 1.84. The predicted octanol–water partition coefficient (Wildman–Crippen LogP) is 3.75. The highest BCUT2D eigenvalue weighted by molar-refractivity contribution is 5.82. The van der Waals surface area contributed by atoms with Gasteiger partial charge in [-0.2, -0.15) is 0 Å². The molecular weight excluding hydrogens is 314 g/mol. The first-order chi connectivity index (χ1) is 11.5. The molecular formula is C18H16F2N2O2. The number of halogens is 2. The normalized spacial score (nSPS) is 12.4. The molecule has 1 heterocycles. The van der Waals surface area contributed by atoms with Crippen molar-refractivity contribution in [3.63, 3.8) is 0 Å². The Bertz CT molecular complexity index is 876. The van der Waals surface area contributed by atoms with Crippen molar-refractivity contribution in [2.75, 3.05) is 0 Å². The average molecular weight is 330 g/mol. The zero-order chi connectivity index (χ0) is 17.1. The number of carboxylic acids is 1. The number of hydrogen-bond acceptors (Lipinski definition) is 2. The van der Waals surface area contributed by atoms with Gasteiger partial charge in [0.05, 0.1) is 6.42 Å². The Morgan fingerprint density at radius 1 is 1.21 bits per heavy atom. The highest BCUT2D eigenvalue weighted by atomic mass is 19.1. The second-order valence-corrected chi connectivity index (χ2v) is 5.56. The van der Waals surface area contributed by atoms with Crippen LogP contribution < -0.4 is 5.32 Å². The zero-order valence-corrected chi connectivity index (χ0v) is 12.7. The van der Waals surface area contributed by atoms with E-state index in [0.717, 1.165) is 28.6 Å². The lowest BCUT2D eigenvalue weighted by molar-refractivity contribution is -0.137. The number of carboxylic acid groups (broad SMARTS) is 1. The smallest absolute Gasteiger partial charge is 0.305 e. The van der Waals surface area contributed by atoms with Gasteiger partial charge >= 0.3 is 5.97 Å². The van der Waals surface area contributed by atoms with Gasteiger partial charge in [-0.05, 0) is 23.1 Å². The fourth-order valence-electron chi connectivity index (χ4n) is 2.78. The minimum Gasteiger partial charge on any atom is -0.481 e. The Morgan fingerprint density at radius 3 is 2.79 bits per heavy atom. The quantitative estimate of drug-likeness (QED) is 0.645. The first-order valence-electron chi connectivity index (χ1n) is 7.49. The Kier molecular flexibility index (Phi) is 4.57. The molecule has 6 heteroatoms. The molecule has 1 aromatic heterocycles. The van der Waals surface area contributed by atoms with Crippen LogP contribution in [0.2, 0.25) is 0 Å². The molecule has 3 aromatic rings. The summed E-state index contributed by atoms with van der Waals surface area (Å²) >= 11 is 0. The molecule has 0 saturated carbocycles. The highest BCUT2D eigenvalue weighted by Crippen LogP contribution is 2.23. The monoisotopic (exact) mass is 330 g/mol. The van der Waals surface area contributed by atoms with E-state index < -0.39 is 23.6 Å². The molecule has 4 nitrogen and oxygen atoms in total. The van der Waals surface area contributed by atoms with E-state index in [4.69, 9.17) is 5.11 Å². The van der Waals surface area contributed by atoms with Crippen molar-refractivity contribution in [1.82, 2.24) is 10.3 Å². The molecule has 0 unspecified atom stereocenters. The number of aromatic amines is 1. The van der Waals surface area contributed by atoms with Crippen LogP contribution in [-0.4, -0.2) is 16.1 Å². The molecule has 0 saturated heterocycles.